The van der Waals surface area contributed by atoms with E-state index in [0.717, 1.165) is 11.1 Å². The molecule has 2 amide bonds. The Morgan fingerprint density at radius 3 is 1.36 bits per heavy atom. The Balaban J connectivity index is 1.73. The van der Waals surface area contributed by atoms with E-state index in [9.17, 15) is 14.4 Å². The highest BCUT2D eigenvalue weighted by Crippen LogP contribution is 2.13. The lowest BCUT2D eigenvalue weighted by Crippen LogP contribution is -2.11. The summed E-state index contributed by atoms with van der Waals surface area (Å²) in [5.74, 6) is 0. The number of rotatable bonds is 6. The van der Waals surface area contributed by atoms with Crippen LogP contribution in [0, 0.1) is 0 Å². The monoisotopic (exact) mass is 388 g/mol. The van der Waals surface area contributed by atoms with Crippen LogP contribution in [0.1, 0.15) is 11.1 Å². The molecule has 28 heavy (non-hydrogen) atoms. The number of carbonyl (C=O) groups excluding carboxylic acids is 3. The number of carbonyl (C=O) groups is 3. The molecule has 0 fully saturated rings. The van der Waals surface area contributed by atoms with Crippen molar-refractivity contribution in [1.29, 1.82) is 0 Å². The van der Waals surface area contributed by atoms with Crippen LogP contribution in [0.25, 0.3) is 0 Å². The summed E-state index contributed by atoms with van der Waals surface area (Å²) in [6.45, 7) is 0.0542. The van der Waals surface area contributed by atoms with Crippen LogP contribution in [0.5, 0.6) is 0 Å². The summed E-state index contributed by atoms with van der Waals surface area (Å²) >= 11 is 0. The van der Waals surface area contributed by atoms with Gasteiger partial charge in [-0.3, -0.25) is 10.6 Å². The van der Waals surface area contributed by atoms with Gasteiger partial charge in [0, 0.05) is 11.4 Å². The lowest BCUT2D eigenvalue weighted by molar-refractivity contribution is 0.0446. The average Bonchev–Trinajstić information content (AvgIpc) is 2.72. The van der Waals surface area contributed by atoms with Crippen LogP contribution in [0.15, 0.2) is 48.5 Å². The van der Waals surface area contributed by atoms with Crippen molar-refractivity contribution in [2.45, 2.75) is 13.2 Å². The van der Waals surface area contributed by atoms with E-state index < -0.39 is 18.3 Å². The molecule has 0 aliphatic carbocycles. The van der Waals surface area contributed by atoms with E-state index in [4.69, 9.17) is 9.47 Å². The van der Waals surface area contributed by atoms with Crippen molar-refractivity contribution >= 4 is 29.7 Å². The highest BCUT2D eigenvalue weighted by Gasteiger charge is 2.07. The molecule has 9 heteroatoms. The molecule has 0 radical (unpaired) electrons. The summed E-state index contributed by atoms with van der Waals surface area (Å²) < 4.78 is 19.1. The number of methoxy groups -OCH3 is 2. The fourth-order valence-corrected chi connectivity index (χ4v) is 2.03. The van der Waals surface area contributed by atoms with Gasteiger partial charge in [-0.15, -0.1) is 0 Å². The summed E-state index contributed by atoms with van der Waals surface area (Å²) in [7, 11) is 2.55. The third-order valence-electron chi connectivity index (χ3n) is 3.48. The molecule has 9 nitrogen and oxygen atoms in total. The summed E-state index contributed by atoms with van der Waals surface area (Å²) in [4.78, 5) is 33.9. The van der Waals surface area contributed by atoms with Crippen molar-refractivity contribution < 1.29 is 33.3 Å². The Morgan fingerprint density at radius 1 is 0.679 bits per heavy atom. The second-order valence-electron chi connectivity index (χ2n) is 5.45. The summed E-state index contributed by atoms with van der Waals surface area (Å²) in [6, 6.07) is 13.4. The topological polar surface area (TPSA) is 112 Å². The van der Waals surface area contributed by atoms with Gasteiger partial charge in [0.1, 0.15) is 13.2 Å². The number of nitrogens with one attached hydrogen (secondary N) is 2. The second-order valence-corrected chi connectivity index (χ2v) is 5.45. The van der Waals surface area contributed by atoms with Gasteiger partial charge in [-0.1, -0.05) is 24.3 Å². The molecular weight excluding hydrogens is 368 g/mol. The average molecular weight is 388 g/mol. The van der Waals surface area contributed by atoms with Gasteiger partial charge < -0.3 is 18.9 Å². The van der Waals surface area contributed by atoms with Crippen LogP contribution >= 0.6 is 0 Å². The van der Waals surface area contributed by atoms with E-state index in [0.29, 0.717) is 11.4 Å². The third kappa shape index (κ3) is 6.87. The molecule has 0 bridgehead atoms. The molecule has 2 aromatic carbocycles. The molecular formula is C19H20N2O7. The number of anilines is 2. The van der Waals surface area contributed by atoms with Gasteiger partial charge in [-0.2, -0.15) is 0 Å². The predicted octanol–water partition coefficient (Wildman–Crippen LogP) is 3.90. The number of hydrogen-bond donors (Lipinski definition) is 2. The molecule has 0 spiro atoms. The summed E-state index contributed by atoms with van der Waals surface area (Å²) in [6.07, 6.45) is -1.95. The van der Waals surface area contributed by atoms with Gasteiger partial charge in [0.05, 0.1) is 14.2 Å². The molecule has 2 aromatic rings. The molecule has 148 valence electrons. The SMILES string of the molecule is COC(=O)Nc1ccc(COC(=O)OCc2ccc(NC(=O)OC)cc2)cc1. The van der Waals surface area contributed by atoms with Crippen molar-refractivity contribution in [2.24, 2.45) is 0 Å². The molecule has 0 unspecified atom stereocenters. The maximum absolute atomic E-state index is 11.7. The Bertz CT molecular complexity index is 737. The fraction of sp³-hybridized carbons (Fsp3) is 0.211. The molecule has 0 heterocycles. The highest BCUT2D eigenvalue weighted by atomic mass is 16.7. The molecule has 2 rings (SSSR count). The summed E-state index contributed by atoms with van der Waals surface area (Å²) in [5, 5.41) is 5.03. The van der Waals surface area contributed by atoms with Gasteiger partial charge >= 0.3 is 18.3 Å². The zero-order valence-electron chi connectivity index (χ0n) is 15.4. The van der Waals surface area contributed by atoms with Crippen LogP contribution < -0.4 is 10.6 Å². The minimum absolute atomic E-state index is 0.0271. The number of hydrogen-bond acceptors (Lipinski definition) is 7. The first kappa shape index (κ1) is 20.6. The van der Waals surface area contributed by atoms with Gasteiger partial charge in [0.2, 0.25) is 0 Å². The first-order valence-corrected chi connectivity index (χ1v) is 8.17. The highest BCUT2D eigenvalue weighted by molar-refractivity contribution is 5.84. The van der Waals surface area contributed by atoms with Gasteiger partial charge in [-0.25, -0.2) is 14.4 Å². The number of amides is 2. The Morgan fingerprint density at radius 2 is 1.04 bits per heavy atom. The number of ether oxygens (including phenoxy) is 4. The summed E-state index contributed by atoms with van der Waals surface area (Å²) in [5.41, 5.74) is 2.57. The van der Waals surface area contributed by atoms with Crippen LogP contribution in [-0.2, 0) is 32.2 Å². The van der Waals surface area contributed by atoms with E-state index in [1.54, 1.807) is 48.5 Å². The first-order chi connectivity index (χ1) is 13.5. The lowest BCUT2D eigenvalue weighted by Gasteiger charge is -2.08. The van der Waals surface area contributed by atoms with Crippen molar-refractivity contribution in [2.75, 3.05) is 24.9 Å². The number of benzene rings is 2. The van der Waals surface area contributed by atoms with Crippen molar-refractivity contribution in [3.63, 3.8) is 0 Å². The molecule has 0 saturated heterocycles. The van der Waals surface area contributed by atoms with E-state index in [1.165, 1.54) is 14.2 Å². The predicted molar refractivity (Wildman–Crippen MR) is 99.9 cm³/mol. The van der Waals surface area contributed by atoms with Crippen molar-refractivity contribution in [3.05, 3.63) is 59.7 Å². The zero-order chi connectivity index (χ0) is 20.4. The molecule has 0 aliphatic heterocycles. The third-order valence-corrected chi connectivity index (χ3v) is 3.48. The van der Waals surface area contributed by atoms with E-state index in [2.05, 4.69) is 20.1 Å². The standard InChI is InChI=1S/C19H20N2O7/c1-25-17(22)20-15-7-3-13(4-8-15)11-27-19(24)28-12-14-5-9-16(10-6-14)21-18(23)26-2/h3-10H,11-12H2,1-2H3,(H,20,22)(H,21,23). The molecule has 0 aromatic heterocycles. The minimum atomic E-state index is -0.812. The molecule has 0 saturated carbocycles. The Labute approximate surface area is 161 Å². The Hall–Kier alpha value is -3.75. The maximum atomic E-state index is 11.7. The van der Waals surface area contributed by atoms with Gasteiger partial charge in [0.25, 0.3) is 0 Å². The zero-order valence-corrected chi connectivity index (χ0v) is 15.4. The van der Waals surface area contributed by atoms with Gasteiger partial charge in [-0.05, 0) is 35.4 Å². The lowest BCUT2D eigenvalue weighted by atomic mass is 10.2. The first-order valence-electron chi connectivity index (χ1n) is 8.17. The van der Waals surface area contributed by atoms with Gasteiger partial charge in [0.15, 0.2) is 0 Å². The molecule has 2 N–H and O–H groups in total. The molecule has 0 aliphatic rings. The minimum Gasteiger partial charge on any atom is -0.453 e. The van der Waals surface area contributed by atoms with E-state index in [-0.39, 0.29) is 13.2 Å². The van der Waals surface area contributed by atoms with E-state index >= 15 is 0 Å². The molecule has 0 atom stereocenters. The van der Waals surface area contributed by atoms with Crippen LogP contribution in [-0.4, -0.2) is 32.6 Å². The van der Waals surface area contributed by atoms with Crippen LogP contribution in [0.3, 0.4) is 0 Å². The maximum Gasteiger partial charge on any atom is 0.508 e. The van der Waals surface area contributed by atoms with Crippen molar-refractivity contribution in [3.8, 4) is 0 Å². The van der Waals surface area contributed by atoms with E-state index in [1.807, 2.05) is 0 Å². The van der Waals surface area contributed by atoms with Crippen LogP contribution in [0.4, 0.5) is 25.8 Å². The Kier molecular flexibility index (Phi) is 7.64. The fourth-order valence-electron chi connectivity index (χ4n) is 2.03. The smallest absolute Gasteiger partial charge is 0.453 e. The normalized spacial score (nSPS) is 9.79. The quantitative estimate of drug-likeness (QED) is 0.570. The second kappa shape index (κ2) is 10.4. The van der Waals surface area contributed by atoms with Crippen LogP contribution in [0.2, 0.25) is 0 Å². The van der Waals surface area contributed by atoms with Crippen molar-refractivity contribution in [1.82, 2.24) is 0 Å². The largest absolute Gasteiger partial charge is 0.508 e.